The minimum absolute atomic E-state index is 0.150. The number of rotatable bonds is 5. The van der Waals surface area contributed by atoms with Crippen molar-refractivity contribution < 1.29 is 27.6 Å². The number of carbonyl (C=O) groups excluding carboxylic acids is 3. The van der Waals surface area contributed by atoms with Gasteiger partial charge in [-0.2, -0.15) is 13.2 Å². The Bertz CT molecular complexity index is 1770. The molecule has 4 aromatic carbocycles. The Labute approximate surface area is 227 Å². The van der Waals surface area contributed by atoms with E-state index in [-0.39, 0.29) is 11.4 Å². The molecule has 5 aromatic rings. The molecule has 11 heteroatoms. The summed E-state index contributed by atoms with van der Waals surface area (Å²) in [5.41, 5.74) is 0.663. The maximum absolute atomic E-state index is 13.3. The summed E-state index contributed by atoms with van der Waals surface area (Å²) in [6, 6.07) is 20.5. The van der Waals surface area contributed by atoms with Crippen molar-refractivity contribution in [3.05, 3.63) is 95.6 Å². The number of thioether (sulfide) groups is 1. The second-order valence-corrected chi connectivity index (χ2v) is 10.9. The predicted molar refractivity (Wildman–Crippen MR) is 146 cm³/mol. The predicted octanol–water partition coefficient (Wildman–Crippen LogP) is 7.00. The number of aromatic nitrogens is 1. The first kappa shape index (κ1) is 25.1. The van der Waals surface area contributed by atoms with E-state index in [9.17, 15) is 27.6 Å². The van der Waals surface area contributed by atoms with Crippen LogP contribution in [0.4, 0.5) is 24.5 Å². The summed E-state index contributed by atoms with van der Waals surface area (Å²) in [5, 5.41) is 3.77. The molecule has 0 bridgehead atoms. The summed E-state index contributed by atoms with van der Waals surface area (Å²) in [4.78, 5) is 44.7. The second-order valence-electron chi connectivity index (χ2n) is 8.67. The zero-order chi connectivity index (χ0) is 27.3. The number of amides is 3. The van der Waals surface area contributed by atoms with Gasteiger partial charge in [-0.1, -0.05) is 48.2 Å². The van der Waals surface area contributed by atoms with Gasteiger partial charge in [0.1, 0.15) is 0 Å². The number of fused-ring (bicyclic) bond motifs is 1. The Morgan fingerprint density at radius 1 is 0.923 bits per heavy atom. The summed E-state index contributed by atoms with van der Waals surface area (Å²) in [6.45, 7) is 0. The van der Waals surface area contributed by atoms with Crippen molar-refractivity contribution in [3.63, 3.8) is 0 Å². The van der Waals surface area contributed by atoms with E-state index in [1.165, 1.54) is 29.5 Å². The van der Waals surface area contributed by atoms with Crippen molar-refractivity contribution in [1.82, 2.24) is 4.98 Å². The van der Waals surface area contributed by atoms with Crippen molar-refractivity contribution in [2.45, 2.75) is 10.5 Å². The average molecular weight is 564 g/mol. The quantitative estimate of drug-likeness (QED) is 0.184. The van der Waals surface area contributed by atoms with E-state index in [2.05, 4.69) is 10.3 Å². The Morgan fingerprint density at radius 3 is 2.31 bits per heavy atom. The van der Waals surface area contributed by atoms with Crippen LogP contribution in [0.5, 0.6) is 0 Å². The van der Waals surface area contributed by atoms with Crippen LogP contribution < -0.4 is 10.2 Å². The third-order valence-electron chi connectivity index (χ3n) is 6.22. The Morgan fingerprint density at radius 2 is 1.62 bits per heavy atom. The van der Waals surface area contributed by atoms with Gasteiger partial charge < -0.3 is 5.32 Å². The average Bonchev–Trinajstić information content (AvgIpc) is 3.33. The molecule has 0 radical (unpaired) electrons. The van der Waals surface area contributed by atoms with Crippen molar-refractivity contribution in [2.75, 3.05) is 16.0 Å². The molecule has 194 valence electrons. The fourth-order valence-electron chi connectivity index (χ4n) is 4.51. The molecular weight excluding hydrogens is 547 g/mol. The first-order chi connectivity index (χ1) is 18.7. The lowest BCUT2D eigenvalue weighted by Gasteiger charge is -2.27. The third-order valence-corrected chi connectivity index (χ3v) is 8.38. The van der Waals surface area contributed by atoms with Crippen LogP contribution in [0.15, 0.2) is 83.2 Å². The number of benzene rings is 4. The monoisotopic (exact) mass is 563 g/mol. The molecule has 0 saturated heterocycles. The topological polar surface area (TPSA) is 79.4 Å². The van der Waals surface area contributed by atoms with Gasteiger partial charge in [0.05, 0.1) is 32.9 Å². The number of halogens is 3. The summed E-state index contributed by atoms with van der Waals surface area (Å²) in [6.07, 6.45) is -4.59. The first-order valence-electron chi connectivity index (χ1n) is 11.6. The molecule has 39 heavy (non-hydrogen) atoms. The van der Waals surface area contributed by atoms with E-state index >= 15 is 0 Å². The van der Waals surface area contributed by atoms with Crippen LogP contribution in [0.25, 0.3) is 21.0 Å². The smallest absolute Gasteiger partial charge is 0.325 e. The molecule has 3 amide bonds. The van der Waals surface area contributed by atoms with E-state index in [1.807, 2.05) is 12.1 Å². The Hall–Kier alpha value is -4.22. The number of thiazole rings is 1. The van der Waals surface area contributed by atoms with Crippen LogP contribution >= 0.6 is 23.1 Å². The maximum atomic E-state index is 13.3. The fraction of sp³-hybridized carbons (Fsp3) is 0.0714. The van der Waals surface area contributed by atoms with E-state index in [0.29, 0.717) is 36.8 Å². The molecule has 0 saturated carbocycles. The van der Waals surface area contributed by atoms with Gasteiger partial charge in [-0.15, -0.1) is 11.3 Å². The number of nitrogens with one attached hydrogen (secondary N) is 1. The van der Waals surface area contributed by atoms with Crippen molar-refractivity contribution >= 4 is 73.2 Å². The molecule has 1 aromatic heterocycles. The molecule has 0 spiro atoms. The molecule has 0 fully saturated rings. The largest absolute Gasteiger partial charge is 0.418 e. The van der Waals surface area contributed by atoms with Gasteiger partial charge in [0, 0.05) is 16.5 Å². The zero-order valence-corrected chi connectivity index (χ0v) is 21.4. The summed E-state index contributed by atoms with van der Waals surface area (Å²) < 4.78 is 40.8. The zero-order valence-electron chi connectivity index (χ0n) is 19.8. The van der Waals surface area contributed by atoms with Gasteiger partial charge >= 0.3 is 6.18 Å². The number of imide groups is 1. The van der Waals surface area contributed by atoms with E-state index < -0.39 is 29.5 Å². The normalized spacial score (nSPS) is 13.4. The molecule has 1 aliphatic rings. The van der Waals surface area contributed by atoms with Crippen LogP contribution in [-0.4, -0.2) is 28.5 Å². The lowest BCUT2D eigenvalue weighted by atomic mass is 9.94. The number of nitrogens with zero attached hydrogens (tertiary/aromatic N) is 2. The van der Waals surface area contributed by atoms with Crippen LogP contribution in [0.2, 0.25) is 0 Å². The lowest BCUT2D eigenvalue weighted by molar-refractivity contribution is -0.137. The van der Waals surface area contributed by atoms with E-state index in [0.717, 1.165) is 28.1 Å². The molecule has 1 N–H and O–H groups in total. The van der Waals surface area contributed by atoms with Crippen LogP contribution in [0.3, 0.4) is 0 Å². The first-order valence-corrected chi connectivity index (χ1v) is 13.4. The molecular formula is C28H16F3N3O3S2. The number of alkyl halides is 3. The van der Waals surface area contributed by atoms with Gasteiger partial charge in [0.2, 0.25) is 5.91 Å². The van der Waals surface area contributed by atoms with Crippen molar-refractivity contribution in [3.8, 4) is 0 Å². The number of carbonyl (C=O) groups is 3. The minimum Gasteiger partial charge on any atom is -0.325 e. The summed E-state index contributed by atoms with van der Waals surface area (Å²) in [7, 11) is 0. The highest BCUT2D eigenvalue weighted by atomic mass is 32.2. The summed E-state index contributed by atoms with van der Waals surface area (Å²) >= 11 is 2.34. The van der Waals surface area contributed by atoms with Crippen molar-refractivity contribution in [1.29, 1.82) is 0 Å². The van der Waals surface area contributed by atoms with Gasteiger partial charge in [0.25, 0.3) is 11.8 Å². The molecule has 6 nitrogen and oxygen atoms in total. The van der Waals surface area contributed by atoms with Gasteiger partial charge in [-0.3, -0.25) is 14.4 Å². The molecule has 0 aliphatic carbocycles. The number of anilines is 2. The highest BCUT2D eigenvalue weighted by Crippen LogP contribution is 2.37. The Balaban J connectivity index is 1.22. The van der Waals surface area contributed by atoms with Gasteiger partial charge in [-0.25, -0.2) is 9.88 Å². The minimum atomic E-state index is -4.59. The SMILES string of the molecule is O=C(CSc1nc2ccc(N3C(=O)c4cccc5cccc(c45)C3=O)cc2s1)Nc1ccccc1C(F)(F)F. The maximum Gasteiger partial charge on any atom is 0.418 e. The number of hydrogen-bond donors (Lipinski definition) is 1. The number of para-hydroxylation sites is 1. The molecule has 0 unspecified atom stereocenters. The molecule has 2 heterocycles. The van der Waals surface area contributed by atoms with Gasteiger partial charge in [0.15, 0.2) is 4.34 Å². The number of hydrogen-bond acceptors (Lipinski definition) is 6. The fourth-order valence-corrected chi connectivity index (χ4v) is 6.41. The van der Waals surface area contributed by atoms with Crippen LogP contribution in [-0.2, 0) is 11.0 Å². The molecule has 0 atom stereocenters. The highest BCUT2D eigenvalue weighted by molar-refractivity contribution is 8.01. The van der Waals surface area contributed by atoms with E-state index in [4.69, 9.17) is 0 Å². The molecule has 1 aliphatic heterocycles. The second kappa shape index (κ2) is 9.51. The van der Waals surface area contributed by atoms with Crippen molar-refractivity contribution in [2.24, 2.45) is 0 Å². The third kappa shape index (κ3) is 4.53. The Kier molecular flexibility index (Phi) is 6.12. The van der Waals surface area contributed by atoms with Crippen LogP contribution in [0, 0.1) is 0 Å². The van der Waals surface area contributed by atoms with Crippen LogP contribution in [0.1, 0.15) is 26.3 Å². The molecule has 6 rings (SSSR count). The standard InChI is InChI=1S/C28H16F3N3O3S2/c29-28(30,31)19-9-1-2-10-20(19)32-23(35)14-38-27-33-21-12-11-16(13-22(21)39-27)34-25(36)17-7-3-5-15-6-4-8-18(24(15)17)26(34)37/h1-13H,14H2,(H,32,35). The van der Waals surface area contributed by atoms with Gasteiger partial charge in [-0.05, 0) is 47.9 Å². The highest BCUT2D eigenvalue weighted by Gasteiger charge is 2.35. The lowest BCUT2D eigenvalue weighted by Crippen LogP contribution is -2.40. The summed E-state index contributed by atoms with van der Waals surface area (Å²) in [5.74, 6) is -1.59. The van der Waals surface area contributed by atoms with E-state index in [1.54, 1.807) is 42.5 Å².